The van der Waals surface area contributed by atoms with Crippen molar-refractivity contribution in [2.24, 2.45) is 0 Å². The molecule has 12 heteroatoms. The predicted molar refractivity (Wildman–Crippen MR) is 134 cm³/mol. The van der Waals surface area contributed by atoms with Gasteiger partial charge in [-0.3, -0.25) is 15.0 Å². The Hall–Kier alpha value is -2.96. The number of ether oxygens (including phenoxy) is 1. The number of piperazine rings is 1. The van der Waals surface area contributed by atoms with Crippen LogP contribution >= 0.6 is 11.6 Å². The molecular formula is C25H24ClF2N3O5S. The maximum Gasteiger partial charge on any atom is 0.289 e. The van der Waals surface area contributed by atoms with E-state index in [0.29, 0.717) is 25.2 Å². The van der Waals surface area contributed by atoms with Crippen molar-refractivity contribution in [1.29, 1.82) is 0 Å². The van der Waals surface area contributed by atoms with Crippen LogP contribution in [0.2, 0.25) is 5.02 Å². The molecule has 0 spiro atoms. The van der Waals surface area contributed by atoms with E-state index in [1.165, 1.54) is 22.5 Å². The van der Waals surface area contributed by atoms with Crippen LogP contribution in [0.1, 0.15) is 17.2 Å². The monoisotopic (exact) mass is 551 g/mol. The Labute approximate surface area is 218 Å². The van der Waals surface area contributed by atoms with E-state index in [2.05, 4.69) is 0 Å². The lowest BCUT2D eigenvalue weighted by Gasteiger charge is -2.34. The van der Waals surface area contributed by atoms with Crippen LogP contribution in [0.5, 0.6) is 0 Å². The summed E-state index contributed by atoms with van der Waals surface area (Å²) in [6, 6.07) is 16.3. The zero-order valence-electron chi connectivity index (χ0n) is 19.6. The lowest BCUT2D eigenvalue weighted by molar-refractivity contribution is -0.384. The number of rotatable bonds is 9. The first kappa shape index (κ1) is 27.1. The van der Waals surface area contributed by atoms with Gasteiger partial charge < -0.3 is 4.74 Å². The van der Waals surface area contributed by atoms with Crippen LogP contribution in [-0.4, -0.2) is 61.9 Å². The van der Waals surface area contributed by atoms with E-state index < -0.39 is 38.4 Å². The minimum absolute atomic E-state index is 0.133. The predicted octanol–water partition coefficient (Wildman–Crippen LogP) is 4.64. The Balaban J connectivity index is 1.37. The van der Waals surface area contributed by atoms with Crippen molar-refractivity contribution in [1.82, 2.24) is 9.21 Å². The summed E-state index contributed by atoms with van der Waals surface area (Å²) in [5, 5.41) is 11.0. The van der Waals surface area contributed by atoms with Gasteiger partial charge in [0.25, 0.3) is 5.69 Å². The molecule has 0 aliphatic carbocycles. The topological polar surface area (TPSA) is 93.0 Å². The molecule has 1 aliphatic heterocycles. The number of benzene rings is 3. The van der Waals surface area contributed by atoms with Gasteiger partial charge in [-0.15, -0.1) is 0 Å². The third kappa shape index (κ3) is 6.31. The third-order valence-corrected chi connectivity index (χ3v) is 8.34. The van der Waals surface area contributed by atoms with Crippen molar-refractivity contribution in [3.8, 4) is 0 Å². The summed E-state index contributed by atoms with van der Waals surface area (Å²) in [5.74, 6) is -1.89. The second kappa shape index (κ2) is 11.6. The van der Waals surface area contributed by atoms with E-state index in [1.54, 1.807) is 0 Å². The summed E-state index contributed by atoms with van der Waals surface area (Å²) < 4.78 is 60.7. The van der Waals surface area contributed by atoms with Gasteiger partial charge in [-0.25, -0.2) is 17.2 Å². The van der Waals surface area contributed by atoms with Gasteiger partial charge in [0.2, 0.25) is 10.0 Å². The molecule has 3 aromatic rings. The van der Waals surface area contributed by atoms with Crippen molar-refractivity contribution in [2.75, 3.05) is 39.3 Å². The van der Waals surface area contributed by atoms with Crippen LogP contribution in [0, 0.1) is 21.7 Å². The maximum atomic E-state index is 13.9. The van der Waals surface area contributed by atoms with Crippen molar-refractivity contribution in [2.45, 2.75) is 11.0 Å². The van der Waals surface area contributed by atoms with Crippen LogP contribution in [0.3, 0.4) is 0 Å². The molecule has 1 fully saturated rings. The number of nitrogens with zero attached hydrogens (tertiary/aromatic N) is 3. The molecule has 0 aromatic heterocycles. The summed E-state index contributed by atoms with van der Waals surface area (Å²) in [6.07, 6.45) is -0.598. The molecule has 0 N–H and O–H groups in total. The molecule has 1 aliphatic rings. The fourth-order valence-electron chi connectivity index (χ4n) is 4.12. The fourth-order valence-corrected chi connectivity index (χ4v) is 5.75. The standard InChI is InChI=1S/C25H24ClF2N3O5S/c26-21-8-7-20(17-24(21)31(32)33)37(34,35)30-12-10-29(11-13-30)14-15-36-25(18-4-2-1-3-5-18)19-6-9-22(27)23(28)16-19/h1-9,16-17,25H,10-15H2. The molecule has 1 atom stereocenters. The van der Waals surface area contributed by atoms with Gasteiger partial charge >= 0.3 is 0 Å². The molecule has 1 unspecified atom stereocenters. The van der Waals surface area contributed by atoms with Crippen molar-refractivity contribution in [3.05, 3.63) is 105 Å². The highest BCUT2D eigenvalue weighted by Gasteiger charge is 2.30. The largest absolute Gasteiger partial charge is 0.367 e. The first-order valence-corrected chi connectivity index (χ1v) is 13.3. The molecule has 196 valence electrons. The molecule has 1 heterocycles. The molecule has 4 rings (SSSR count). The lowest BCUT2D eigenvalue weighted by atomic mass is 10.0. The Bertz CT molecular complexity index is 1370. The number of halogens is 3. The SMILES string of the molecule is O=[N+]([O-])c1cc(S(=O)(=O)N2CCN(CCOC(c3ccccc3)c3ccc(F)c(F)c3)CC2)ccc1Cl. The summed E-state index contributed by atoms with van der Waals surface area (Å²) in [6.45, 7) is 2.02. The van der Waals surface area contributed by atoms with E-state index in [4.69, 9.17) is 16.3 Å². The molecule has 3 aromatic carbocycles. The van der Waals surface area contributed by atoms with Gasteiger partial charge in [-0.2, -0.15) is 4.31 Å². The van der Waals surface area contributed by atoms with E-state index in [0.717, 1.165) is 23.8 Å². The van der Waals surface area contributed by atoms with Crippen molar-refractivity contribution >= 4 is 27.3 Å². The summed E-state index contributed by atoms with van der Waals surface area (Å²) >= 11 is 5.81. The van der Waals surface area contributed by atoms with E-state index >= 15 is 0 Å². The Morgan fingerprint density at radius 1 is 0.946 bits per heavy atom. The van der Waals surface area contributed by atoms with Crippen LogP contribution in [0.15, 0.2) is 71.6 Å². The summed E-state index contributed by atoms with van der Waals surface area (Å²) in [4.78, 5) is 12.3. The molecular weight excluding hydrogens is 528 g/mol. The zero-order chi connectivity index (χ0) is 26.6. The van der Waals surface area contributed by atoms with Gasteiger partial charge in [0.15, 0.2) is 11.6 Å². The highest BCUT2D eigenvalue weighted by atomic mass is 35.5. The molecule has 37 heavy (non-hydrogen) atoms. The Morgan fingerprint density at radius 3 is 2.30 bits per heavy atom. The number of nitro groups is 1. The van der Waals surface area contributed by atoms with Crippen LogP contribution < -0.4 is 0 Å². The molecule has 1 saturated heterocycles. The van der Waals surface area contributed by atoms with Crippen molar-refractivity contribution < 1.29 is 26.9 Å². The van der Waals surface area contributed by atoms with Gasteiger partial charge in [-0.1, -0.05) is 48.0 Å². The second-order valence-corrected chi connectivity index (χ2v) is 10.8. The molecule has 0 radical (unpaired) electrons. The van der Waals surface area contributed by atoms with Gasteiger partial charge in [0, 0.05) is 38.8 Å². The van der Waals surface area contributed by atoms with Crippen molar-refractivity contribution in [3.63, 3.8) is 0 Å². The number of hydrogen-bond acceptors (Lipinski definition) is 6. The summed E-state index contributed by atoms with van der Waals surface area (Å²) in [7, 11) is -3.93. The lowest BCUT2D eigenvalue weighted by Crippen LogP contribution is -2.49. The average Bonchev–Trinajstić information content (AvgIpc) is 2.89. The second-order valence-electron chi connectivity index (χ2n) is 8.45. The molecule has 8 nitrogen and oxygen atoms in total. The normalized spacial score (nSPS) is 16.0. The van der Waals surface area contributed by atoms with E-state index in [1.807, 2.05) is 35.2 Å². The highest BCUT2D eigenvalue weighted by molar-refractivity contribution is 7.89. The molecule has 0 amide bonds. The van der Waals surface area contributed by atoms with E-state index in [9.17, 15) is 27.3 Å². The number of sulfonamides is 1. The van der Waals surface area contributed by atoms with Crippen LogP contribution in [-0.2, 0) is 14.8 Å². The smallest absolute Gasteiger partial charge is 0.289 e. The Morgan fingerprint density at radius 2 is 1.65 bits per heavy atom. The first-order valence-electron chi connectivity index (χ1n) is 11.4. The van der Waals surface area contributed by atoms with Crippen LogP contribution in [0.4, 0.5) is 14.5 Å². The quantitative estimate of drug-likeness (QED) is 0.284. The number of nitro benzene ring substituents is 1. The maximum absolute atomic E-state index is 13.9. The average molecular weight is 552 g/mol. The zero-order valence-corrected chi connectivity index (χ0v) is 21.2. The minimum Gasteiger partial charge on any atom is -0.367 e. The minimum atomic E-state index is -3.93. The highest BCUT2D eigenvalue weighted by Crippen LogP contribution is 2.29. The third-order valence-electron chi connectivity index (χ3n) is 6.12. The molecule has 0 bridgehead atoms. The number of hydrogen-bond donors (Lipinski definition) is 0. The fraction of sp³-hybridized carbons (Fsp3) is 0.280. The van der Waals surface area contributed by atoms with Gasteiger partial charge in [-0.05, 0) is 35.4 Å². The summed E-state index contributed by atoms with van der Waals surface area (Å²) in [5.41, 5.74) is 0.812. The first-order chi connectivity index (χ1) is 17.7. The van der Waals surface area contributed by atoms with Gasteiger partial charge in [0.05, 0.1) is 16.4 Å². The van der Waals surface area contributed by atoms with Gasteiger partial charge in [0.1, 0.15) is 11.1 Å². The Kier molecular flexibility index (Phi) is 8.50. The molecule has 0 saturated carbocycles. The van der Waals surface area contributed by atoms with E-state index in [-0.39, 0.29) is 29.6 Å². The van der Waals surface area contributed by atoms with Crippen LogP contribution in [0.25, 0.3) is 0 Å².